The summed E-state index contributed by atoms with van der Waals surface area (Å²) in [6.07, 6.45) is 0. The standard InChI is InChI=1S/C25H15NOS/c27-25-20-10-2-1-7-17(20)18-8-3-5-11-22(18)26(25)16-13-14-24-21(15-16)19-9-4-6-12-23(19)28-24/h1-15H. The molecule has 0 aliphatic rings. The molecule has 0 unspecified atom stereocenters. The molecule has 4 aromatic carbocycles. The van der Waals surface area contributed by atoms with E-state index >= 15 is 0 Å². The average Bonchev–Trinajstić information content (AvgIpc) is 3.12. The second-order valence-corrected chi connectivity index (χ2v) is 8.07. The number of nitrogens with zero attached hydrogens (tertiary/aromatic N) is 1. The lowest BCUT2D eigenvalue weighted by Gasteiger charge is -2.13. The molecule has 2 nitrogen and oxygen atoms in total. The Hall–Kier alpha value is -3.43. The number of para-hydroxylation sites is 1. The molecule has 6 rings (SSSR count). The molecule has 0 bridgehead atoms. The fourth-order valence-electron chi connectivity index (χ4n) is 4.14. The highest BCUT2D eigenvalue weighted by molar-refractivity contribution is 7.25. The number of hydrogen-bond donors (Lipinski definition) is 0. The van der Waals surface area contributed by atoms with Crippen LogP contribution in [-0.4, -0.2) is 4.57 Å². The zero-order chi connectivity index (χ0) is 18.7. The summed E-state index contributed by atoms with van der Waals surface area (Å²) in [6.45, 7) is 0. The van der Waals surface area contributed by atoms with Crippen molar-refractivity contribution in [3.05, 3.63) is 101 Å². The highest BCUT2D eigenvalue weighted by Crippen LogP contribution is 2.35. The van der Waals surface area contributed by atoms with Gasteiger partial charge in [0.15, 0.2) is 0 Å². The zero-order valence-corrected chi connectivity index (χ0v) is 15.7. The number of pyridine rings is 1. The summed E-state index contributed by atoms with van der Waals surface area (Å²) in [6, 6.07) is 30.8. The van der Waals surface area contributed by atoms with E-state index in [0.717, 1.165) is 27.4 Å². The molecule has 2 aromatic heterocycles. The zero-order valence-electron chi connectivity index (χ0n) is 14.9. The highest BCUT2D eigenvalue weighted by Gasteiger charge is 2.13. The molecule has 3 heteroatoms. The maximum atomic E-state index is 13.4. The molecule has 6 aromatic rings. The van der Waals surface area contributed by atoms with Gasteiger partial charge in [-0.25, -0.2) is 0 Å². The minimum Gasteiger partial charge on any atom is -0.276 e. The van der Waals surface area contributed by atoms with Gasteiger partial charge >= 0.3 is 0 Å². The molecular formula is C25H15NOS. The molecule has 0 amide bonds. The molecule has 0 atom stereocenters. The van der Waals surface area contributed by atoms with E-state index in [0.29, 0.717) is 0 Å². The van der Waals surface area contributed by atoms with E-state index in [1.54, 1.807) is 11.3 Å². The third-order valence-corrected chi connectivity index (χ3v) is 6.57. The summed E-state index contributed by atoms with van der Waals surface area (Å²) >= 11 is 1.79. The lowest BCUT2D eigenvalue weighted by atomic mass is 10.1. The van der Waals surface area contributed by atoms with Crippen LogP contribution in [0.5, 0.6) is 0 Å². The van der Waals surface area contributed by atoms with Crippen LogP contribution in [0.1, 0.15) is 0 Å². The predicted octanol–water partition coefficient (Wildman–Crippen LogP) is 6.51. The van der Waals surface area contributed by atoms with Crippen LogP contribution in [0.4, 0.5) is 0 Å². The van der Waals surface area contributed by atoms with E-state index in [-0.39, 0.29) is 5.56 Å². The van der Waals surface area contributed by atoms with Crippen molar-refractivity contribution in [2.45, 2.75) is 0 Å². The summed E-state index contributed by atoms with van der Waals surface area (Å²) in [5, 5.41) is 5.27. The molecule has 0 fully saturated rings. The van der Waals surface area contributed by atoms with Crippen LogP contribution in [0, 0.1) is 0 Å². The van der Waals surface area contributed by atoms with E-state index in [9.17, 15) is 4.79 Å². The van der Waals surface area contributed by atoms with Crippen LogP contribution in [0.15, 0.2) is 95.8 Å². The van der Waals surface area contributed by atoms with Crippen molar-refractivity contribution in [2.24, 2.45) is 0 Å². The number of fused-ring (bicyclic) bond motifs is 6. The van der Waals surface area contributed by atoms with Crippen LogP contribution >= 0.6 is 11.3 Å². The maximum Gasteiger partial charge on any atom is 0.263 e. The van der Waals surface area contributed by atoms with Crippen molar-refractivity contribution in [3.63, 3.8) is 0 Å². The molecule has 0 aliphatic heterocycles. The summed E-state index contributed by atoms with van der Waals surface area (Å²) in [7, 11) is 0. The van der Waals surface area contributed by atoms with Gasteiger partial charge in [-0.15, -0.1) is 11.3 Å². The van der Waals surface area contributed by atoms with Crippen molar-refractivity contribution in [1.29, 1.82) is 0 Å². The van der Waals surface area contributed by atoms with Gasteiger partial charge in [-0.3, -0.25) is 9.36 Å². The van der Waals surface area contributed by atoms with Gasteiger partial charge in [-0.05, 0) is 41.8 Å². The Kier molecular flexibility index (Phi) is 3.22. The molecule has 0 radical (unpaired) electrons. The van der Waals surface area contributed by atoms with E-state index in [1.165, 1.54) is 20.2 Å². The Labute approximate surface area is 164 Å². The monoisotopic (exact) mass is 377 g/mol. The maximum absolute atomic E-state index is 13.4. The van der Waals surface area contributed by atoms with Gasteiger partial charge in [-0.1, -0.05) is 54.6 Å². The van der Waals surface area contributed by atoms with Crippen LogP contribution in [0.3, 0.4) is 0 Å². The molecule has 0 saturated heterocycles. The number of benzene rings is 4. The third kappa shape index (κ3) is 2.11. The van der Waals surface area contributed by atoms with Gasteiger partial charge in [0.05, 0.1) is 5.52 Å². The number of aromatic nitrogens is 1. The molecule has 2 heterocycles. The van der Waals surface area contributed by atoms with Gasteiger partial charge in [0.1, 0.15) is 0 Å². The Morgan fingerprint density at radius 2 is 1.21 bits per heavy atom. The van der Waals surface area contributed by atoms with Crippen LogP contribution < -0.4 is 5.56 Å². The van der Waals surface area contributed by atoms with Crippen molar-refractivity contribution < 1.29 is 0 Å². The lowest BCUT2D eigenvalue weighted by molar-refractivity contribution is 1.06. The summed E-state index contributed by atoms with van der Waals surface area (Å²) in [4.78, 5) is 13.4. The Bertz CT molecular complexity index is 1590. The first-order chi connectivity index (χ1) is 13.8. The molecule has 0 aliphatic carbocycles. The average molecular weight is 377 g/mol. The van der Waals surface area contributed by atoms with Gasteiger partial charge in [-0.2, -0.15) is 0 Å². The normalized spacial score (nSPS) is 11.7. The third-order valence-electron chi connectivity index (χ3n) is 5.41. The smallest absolute Gasteiger partial charge is 0.263 e. The first-order valence-corrected chi connectivity index (χ1v) is 10.1. The van der Waals surface area contributed by atoms with Crippen molar-refractivity contribution >= 4 is 53.2 Å². The molecule has 0 saturated carbocycles. The van der Waals surface area contributed by atoms with Crippen LogP contribution in [0.2, 0.25) is 0 Å². The Morgan fingerprint density at radius 1 is 0.571 bits per heavy atom. The minimum absolute atomic E-state index is 0.0215. The van der Waals surface area contributed by atoms with Gasteiger partial charge in [0.2, 0.25) is 0 Å². The summed E-state index contributed by atoms with van der Waals surface area (Å²) in [5.74, 6) is 0. The van der Waals surface area contributed by atoms with Crippen LogP contribution in [0.25, 0.3) is 47.5 Å². The SMILES string of the molecule is O=c1c2ccccc2c2ccccc2n1-c1ccc2sc3ccccc3c2c1. The first-order valence-electron chi connectivity index (χ1n) is 9.25. The van der Waals surface area contributed by atoms with Gasteiger partial charge in [0.25, 0.3) is 5.56 Å². The van der Waals surface area contributed by atoms with Crippen LogP contribution in [-0.2, 0) is 0 Å². The first kappa shape index (κ1) is 15.6. The van der Waals surface area contributed by atoms with Crippen molar-refractivity contribution in [2.75, 3.05) is 0 Å². The van der Waals surface area contributed by atoms with Gasteiger partial charge < -0.3 is 0 Å². The van der Waals surface area contributed by atoms with E-state index < -0.39 is 0 Å². The Morgan fingerprint density at radius 3 is 2.07 bits per heavy atom. The largest absolute Gasteiger partial charge is 0.276 e. The van der Waals surface area contributed by atoms with Crippen molar-refractivity contribution in [3.8, 4) is 5.69 Å². The number of hydrogen-bond acceptors (Lipinski definition) is 2. The topological polar surface area (TPSA) is 22.0 Å². The fourth-order valence-corrected chi connectivity index (χ4v) is 5.23. The second kappa shape index (κ2) is 5.78. The summed E-state index contributed by atoms with van der Waals surface area (Å²) in [5.41, 5.74) is 1.86. The van der Waals surface area contributed by atoms with E-state index in [1.807, 2.05) is 47.0 Å². The van der Waals surface area contributed by atoms with Gasteiger partial charge in [0, 0.05) is 36.6 Å². The molecule has 28 heavy (non-hydrogen) atoms. The molecule has 0 spiro atoms. The fraction of sp³-hybridized carbons (Fsp3) is 0. The Balaban J connectivity index is 1.78. The highest BCUT2D eigenvalue weighted by atomic mass is 32.1. The quantitative estimate of drug-likeness (QED) is 0.299. The molecule has 0 N–H and O–H groups in total. The van der Waals surface area contributed by atoms with E-state index in [4.69, 9.17) is 0 Å². The number of rotatable bonds is 1. The predicted molar refractivity (Wildman–Crippen MR) is 120 cm³/mol. The second-order valence-electron chi connectivity index (χ2n) is 6.98. The lowest BCUT2D eigenvalue weighted by Crippen LogP contribution is -2.19. The molecule has 132 valence electrons. The van der Waals surface area contributed by atoms with E-state index in [2.05, 4.69) is 48.5 Å². The minimum atomic E-state index is 0.0215. The van der Waals surface area contributed by atoms with Crippen molar-refractivity contribution in [1.82, 2.24) is 4.57 Å². The summed E-state index contributed by atoms with van der Waals surface area (Å²) < 4.78 is 4.36. The molecular weight excluding hydrogens is 362 g/mol. The number of thiophene rings is 1.